The van der Waals surface area contributed by atoms with Crippen molar-refractivity contribution in [2.45, 2.75) is 18.8 Å². The van der Waals surface area contributed by atoms with Crippen molar-refractivity contribution in [3.05, 3.63) is 76.6 Å². The molecule has 0 saturated carbocycles. The Morgan fingerprint density at radius 3 is 2.81 bits per heavy atom. The van der Waals surface area contributed by atoms with Crippen LogP contribution >= 0.6 is 11.3 Å². The number of hydrogen-bond donors (Lipinski definition) is 1. The Morgan fingerprint density at radius 1 is 1.19 bits per heavy atom. The van der Waals surface area contributed by atoms with Gasteiger partial charge >= 0.3 is 0 Å². The Kier molecular flexibility index (Phi) is 4.98. The van der Waals surface area contributed by atoms with Crippen molar-refractivity contribution in [2.24, 2.45) is 0 Å². The maximum atomic E-state index is 12.5. The zero-order valence-corrected chi connectivity index (χ0v) is 15.5. The van der Waals surface area contributed by atoms with Gasteiger partial charge in [-0.05, 0) is 23.1 Å². The topological polar surface area (TPSA) is 62.3 Å². The molecule has 1 N–H and O–H groups in total. The van der Waals surface area contributed by atoms with Crippen LogP contribution in [0.15, 0.2) is 66.2 Å². The molecule has 3 aromatic rings. The van der Waals surface area contributed by atoms with Crippen LogP contribution < -0.4 is 10.2 Å². The average Bonchev–Trinajstić information content (AvgIpc) is 3.32. The number of amides is 2. The fourth-order valence-corrected chi connectivity index (χ4v) is 4.02. The summed E-state index contributed by atoms with van der Waals surface area (Å²) < 4.78 is 0. The van der Waals surface area contributed by atoms with Gasteiger partial charge in [0.1, 0.15) is 5.82 Å². The maximum Gasteiger partial charge on any atom is 0.230 e. The van der Waals surface area contributed by atoms with Crippen LogP contribution in [0.25, 0.3) is 0 Å². The number of rotatable bonds is 5. The van der Waals surface area contributed by atoms with Crippen LogP contribution in [0, 0.1) is 0 Å². The molecule has 2 amide bonds. The van der Waals surface area contributed by atoms with Gasteiger partial charge in [0.05, 0.1) is 6.42 Å². The minimum Gasteiger partial charge on any atom is -0.312 e. The predicted molar refractivity (Wildman–Crippen MR) is 107 cm³/mol. The molecular weight excluding hydrogens is 358 g/mol. The van der Waals surface area contributed by atoms with Crippen LogP contribution in [-0.2, 0) is 16.0 Å². The molecule has 1 unspecified atom stereocenters. The third-order valence-corrected chi connectivity index (χ3v) is 5.51. The van der Waals surface area contributed by atoms with E-state index in [1.165, 1.54) is 5.56 Å². The zero-order chi connectivity index (χ0) is 18.6. The molecule has 0 aliphatic carbocycles. The normalized spacial score (nSPS) is 16.5. The number of carbonyl (C=O) groups excluding carboxylic acids is 2. The Labute approximate surface area is 161 Å². The summed E-state index contributed by atoms with van der Waals surface area (Å²) in [6.45, 7) is 0.634. The van der Waals surface area contributed by atoms with Gasteiger partial charge in [0, 0.05) is 41.7 Å². The van der Waals surface area contributed by atoms with Gasteiger partial charge in [-0.3, -0.25) is 9.59 Å². The molecule has 136 valence electrons. The van der Waals surface area contributed by atoms with Crippen LogP contribution in [-0.4, -0.2) is 23.3 Å². The smallest absolute Gasteiger partial charge is 0.230 e. The van der Waals surface area contributed by atoms with E-state index in [1.807, 2.05) is 35.7 Å². The lowest BCUT2D eigenvalue weighted by atomic mass is 9.99. The molecule has 1 fully saturated rings. The standard InChI is InChI=1S/C21H19N3O2S/c25-20(13-18-7-4-10-27-18)23-19-12-17(8-9-22-19)24-14-16(11-21(24)26)15-5-2-1-3-6-15/h1-10,12,16H,11,13-14H2,(H,22,23,25). The first kappa shape index (κ1) is 17.4. The predicted octanol–water partition coefficient (Wildman–Crippen LogP) is 3.84. The van der Waals surface area contributed by atoms with Crippen molar-refractivity contribution in [3.8, 4) is 0 Å². The van der Waals surface area contributed by atoms with Crippen molar-refractivity contribution < 1.29 is 9.59 Å². The summed E-state index contributed by atoms with van der Waals surface area (Å²) in [6.07, 6.45) is 2.44. The monoisotopic (exact) mass is 377 g/mol. The molecule has 0 radical (unpaired) electrons. The number of carbonyl (C=O) groups is 2. The number of aromatic nitrogens is 1. The summed E-state index contributed by atoms with van der Waals surface area (Å²) >= 11 is 1.55. The first-order valence-electron chi connectivity index (χ1n) is 8.82. The van der Waals surface area contributed by atoms with Crippen molar-refractivity contribution in [3.63, 3.8) is 0 Å². The summed E-state index contributed by atoms with van der Waals surface area (Å²) in [6, 6.07) is 17.5. The number of hydrogen-bond acceptors (Lipinski definition) is 4. The number of nitrogens with zero attached hydrogens (tertiary/aromatic N) is 2. The van der Waals surface area contributed by atoms with E-state index in [-0.39, 0.29) is 17.7 Å². The van der Waals surface area contributed by atoms with Crippen LogP contribution in [0.3, 0.4) is 0 Å². The Bertz CT molecular complexity index is 941. The van der Waals surface area contributed by atoms with E-state index in [2.05, 4.69) is 22.4 Å². The van der Waals surface area contributed by atoms with Gasteiger partial charge in [-0.1, -0.05) is 36.4 Å². The first-order chi connectivity index (χ1) is 13.2. The molecule has 0 spiro atoms. The lowest BCUT2D eigenvalue weighted by Crippen LogP contribution is -2.24. The molecule has 4 rings (SSSR count). The van der Waals surface area contributed by atoms with E-state index >= 15 is 0 Å². The van der Waals surface area contributed by atoms with Crippen LogP contribution in [0.2, 0.25) is 0 Å². The van der Waals surface area contributed by atoms with Gasteiger partial charge in [0.15, 0.2) is 0 Å². The molecule has 2 aromatic heterocycles. The summed E-state index contributed by atoms with van der Waals surface area (Å²) in [4.78, 5) is 31.7. The second-order valence-corrected chi connectivity index (χ2v) is 7.55. The molecule has 27 heavy (non-hydrogen) atoms. The van der Waals surface area contributed by atoms with E-state index in [1.54, 1.807) is 34.6 Å². The van der Waals surface area contributed by atoms with Crippen molar-refractivity contribution in [1.82, 2.24) is 4.98 Å². The molecule has 1 aliphatic rings. The van der Waals surface area contributed by atoms with E-state index in [4.69, 9.17) is 0 Å². The molecule has 1 atom stereocenters. The summed E-state index contributed by atoms with van der Waals surface area (Å²) in [5.74, 6) is 0.622. The third kappa shape index (κ3) is 4.06. The van der Waals surface area contributed by atoms with E-state index in [0.717, 1.165) is 10.6 Å². The Morgan fingerprint density at radius 2 is 2.04 bits per heavy atom. The van der Waals surface area contributed by atoms with Gasteiger partial charge in [-0.15, -0.1) is 11.3 Å². The van der Waals surface area contributed by atoms with Gasteiger partial charge in [-0.25, -0.2) is 4.98 Å². The third-order valence-electron chi connectivity index (χ3n) is 4.63. The largest absolute Gasteiger partial charge is 0.312 e. The first-order valence-corrected chi connectivity index (χ1v) is 9.70. The number of thiophene rings is 1. The highest BCUT2D eigenvalue weighted by Gasteiger charge is 2.31. The highest BCUT2D eigenvalue weighted by atomic mass is 32.1. The number of pyridine rings is 1. The lowest BCUT2D eigenvalue weighted by molar-refractivity contribution is -0.117. The number of nitrogens with one attached hydrogen (secondary N) is 1. The van der Waals surface area contributed by atoms with E-state index in [0.29, 0.717) is 25.2 Å². The SMILES string of the molecule is O=C(Cc1cccs1)Nc1cc(N2CC(c3ccccc3)CC2=O)ccn1. The molecule has 5 nitrogen and oxygen atoms in total. The minimum atomic E-state index is -0.114. The molecule has 1 aromatic carbocycles. The lowest BCUT2D eigenvalue weighted by Gasteiger charge is -2.17. The maximum absolute atomic E-state index is 12.5. The van der Waals surface area contributed by atoms with Crippen LogP contribution in [0.5, 0.6) is 0 Å². The van der Waals surface area contributed by atoms with Crippen LogP contribution in [0.4, 0.5) is 11.5 Å². The molecular formula is C21H19N3O2S. The number of anilines is 2. The minimum absolute atomic E-state index is 0.0888. The summed E-state index contributed by atoms with van der Waals surface area (Å²) in [7, 11) is 0. The number of benzene rings is 1. The Hall–Kier alpha value is -2.99. The highest BCUT2D eigenvalue weighted by molar-refractivity contribution is 7.10. The van der Waals surface area contributed by atoms with Gasteiger partial charge in [-0.2, -0.15) is 0 Å². The molecule has 6 heteroatoms. The summed E-state index contributed by atoms with van der Waals surface area (Å²) in [5.41, 5.74) is 1.94. The second kappa shape index (κ2) is 7.72. The van der Waals surface area contributed by atoms with Crippen molar-refractivity contribution >= 4 is 34.7 Å². The van der Waals surface area contributed by atoms with Gasteiger partial charge in [0.2, 0.25) is 11.8 Å². The molecule has 1 saturated heterocycles. The molecule has 1 aliphatic heterocycles. The van der Waals surface area contributed by atoms with Gasteiger partial charge in [0.25, 0.3) is 0 Å². The second-order valence-electron chi connectivity index (χ2n) is 6.52. The quantitative estimate of drug-likeness (QED) is 0.735. The average molecular weight is 377 g/mol. The van der Waals surface area contributed by atoms with E-state index in [9.17, 15) is 9.59 Å². The fourth-order valence-electron chi connectivity index (χ4n) is 3.32. The fraction of sp³-hybridized carbons (Fsp3) is 0.190. The molecule has 0 bridgehead atoms. The highest BCUT2D eigenvalue weighted by Crippen LogP contribution is 2.32. The molecule has 3 heterocycles. The van der Waals surface area contributed by atoms with Crippen molar-refractivity contribution in [2.75, 3.05) is 16.8 Å². The Balaban J connectivity index is 1.46. The summed E-state index contributed by atoms with van der Waals surface area (Å²) in [5, 5.41) is 4.77. The van der Waals surface area contributed by atoms with E-state index < -0.39 is 0 Å². The zero-order valence-electron chi connectivity index (χ0n) is 14.7. The van der Waals surface area contributed by atoms with Crippen LogP contribution in [0.1, 0.15) is 22.8 Å². The van der Waals surface area contributed by atoms with Gasteiger partial charge < -0.3 is 10.2 Å². The van der Waals surface area contributed by atoms with Crippen molar-refractivity contribution in [1.29, 1.82) is 0 Å².